The summed E-state index contributed by atoms with van der Waals surface area (Å²) in [5.41, 5.74) is 1.47. The van der Waals surface area contributed by atoms with Gasteiger partial charge in [-0.05, 0) is 25.1 Å². The second kappa shape index (κ2) is 5.53. The Kier molecular flexibility index (Phi) is 4.34. The maximum atomic E-state index is 9.04. The van der Waals surface area contributed by atoms with E-state index in [9.17, 15) is 0 Å². The molecule has 0 spiro atoms. The fourth-order valence-corrected chi connectivity index (χ4v) is 1.77. The fourth-order valence-electron chi connectivity index (χ4n) is 1.41. The Labute approximate surface area is 104 Å². The van der Waals surface area contributed by atoms with Crippen molar-refractivity contribution >= 4 is 21.6 Å². The number of nitriles is 2. The Hall–Kier alpha value is -1.52. The van der Waals surface area contributed by atoms with Crippen molar-refractivity contribution in [1.82, 2.24) is 0 Å². The third-order valence-electron chi connectivity index (χ3n) is 2.51. The smallest absolute Gasteiger partial charge is 0.101 e. The Morgan fingerprint density at radius 3 is 2.69 bits per heavy atom. The van der Waals surface area contributed by atoms with Crippen molar-refractivity contribution in [2.45, 2.75) is 19.4 Å². The molecule has 0 heterocycles. The SMILES string of the molecule is CC(CC#N)N(C)c1ccc(Br)cc1C#N. The van der Waals surface area contributed by atoms with Crippen LogP contribution >= 0.6 is 15.9 Å². The lowest BCUT2D eigenvalue weighted by Gasteiger charge is -2.26. The third kappa shape index (κ3) is 2.74. The molecule has 1 atom stereocenters. The lowest BCUT2D eigenvalue weighted by molar-refractivity contribution is 0.702. The summed E-state index contributed by atoms with van der Waals surface area (Å²) in [6.07, 6.45) is 0.442. The third-order valence-corrected chi connectivity index (χ3v) is 3.00. The molecule has 0 N–H and O–H groups in total. The molecule has 0 amide bonds. The Bertz CT molecular complexity index is 456. The van der Waals surface area contributed by atoms with Crippen LogP contribution in [0.5, 0.6) is 0 Å². The van der Waals surface area contributed by atoms with Crippen molar-refractivity contribution in [1.29, 1.82) is 10.5 Å². The van der Waals surface area contributed by atoms with Gasteiger partial charge in [-0.3, -0.25) is 0 Å². The van der Waals surface area contributed by atoms with Gasteiger partial charge in [-0.25, -0.2) is 0 Å². The highest BCUT2D eigenvalue weighted by molar-refractivity contribution is 9.10. The van der Waals surface area contributed by atoms with Gasteiger partial charge in [0.15, 0.2) is 0 Å². The molecule has 1 aromatic carbocycles. The molecule has 0 bridgehead atoms. The molecule has 1 unspecified atom stereocenters. The molecule has 0 fully saturated rings. The van der Waals surface area contributed by atoms with E-state index in [1.54, 1.807) is 6.07 Å². The minimum absolute atomic E-state index is 0.0956. The molecule has 16 heavy (non-hydrogen) atoms. The van der Waals surface area contributed by atoms with Crippen LogP contribution < -0.4 is 4.90 Å². The van der Waals surface area contributed by atoms with Crippen LogP contribution in [0.2, 0.25) is 0 Å². The zero-order valence-electron chi connectivity index (χ0n) is 9.24. The van der Waals surface area contributed by atoms with Crippen molar-refractivity contribution in [3.63, 3.8) is 0 Å². The Morgan fingerprint density at radius 2 is 2.12 bits per heavy atom. The van der Waals surface area contributed by atoms with Crippen LogP contribution in [0.15, 0.2) is 22.7 Å². The molecule has 1 rings (SSSR count). The second-order valence-electron chi connectivity index (χ2n) is 3.60. The molecule has 1 aromatic rings. The predicted molar refractivity (Wildman–Crippen MR) is 67.0 cm³/mol. The minimum atomic E-state index is 0.0956. The number of rotatable bonds is 3. The number of nitrogens with zero attached hydrogens (tertiary/aromatic N) is 3. The molecule has 4 heteroatoms. The van der Waals surface area contributed by atoms with Gasteiger partial charge in [-0.1, -0.05) is 15.9 Å². The molecule has 0 aliphatic rings. The van der Waals surface area contributed by atoms with E-state index in [4.69, 9.17) is 10.5 Å². The van der Waals surface area contributed by atoms with Crippen LogP contribution in [-0.4, -0.2) is 13.1 Å². The summed E-state index contributed by atoms with van der Waals surface area (Å²) in [5.74, 6) is 0. The van der Waals surface area contributed by atoms with E-state index < -0.39 is 0 Å². The maximum absolute atomic E-state index is 9.04. The molecular weight excluding hydrogens is 266 g/mol. The van der Waals surface area contributed by atoms with Gasteiger partial charge in [0.2, 0.25) is 0 Å². The molecule has 82 valence electrons. The summed E-state index contributed by atoms with van der Waals surface area (Å²) < 4.78 is 0.883. The van der Waals surface area contributed by atoms with Gasteiger partial charge in [-0.15, -0.1) is 0 Å². The minimum Gasteiger partial charge on any atom is -0.370 e. The first kappa shape index (κ1) is 12.5. The first-order chi connectivity index (χ1) is 7.60. The molecule has 0 saturated carbocycles. The summed E-state index contributed by atoms with van der Waals surface area (Å²) >= 11 is 3.33. The highest BCUT2D eigenvalue weighted by atomic mass is 79.9. The van der Waals surface area contributed by atoms with Crippen LogP contribution in [0.1, 0.15) is 18.9 Å². The van der Waals surface area contributed by atoms with Crippen LogP contribution in [0.3, 0.4) is 0 Å². The number of benzene rings is 1. The molecule has 0 aromatic heterocycles. The van der Waals surface area contributed by atoms with Gasteiger partial charge in [-0.2, -0.15) is 10.5 Å². The van der Waals surface area contributed by atoms with E-state index in [-0.39, 0.29) is 6.04 Å². The number of anilines is 1. The standard InChI is InChI=1S/C12H12BrN3/c1-9(5-6-14)16(2)12-4-3-11(13)7-10(12)8-15/h3-4,7,9H,5H2,1-2H3. The molecule has 0 saturated heterocycles. The fraction of sp³-hybridized carbons (Fsp3) is 0.333. The highest BCUT2D eigenvalue weighted by Gasteiger charge is 2.13. The lowest BCUT2D eigenvalue weighted by atomic mass is 10.1. The van der Waals surface area contributed by atoms with Gasteiger partial charge < -0.3 is 4.90 Å². The Balaban J connectivity index is 3.05. The predicted octanol–water partition coefficient (Wildman–Crippen LogP) is 3.06. The highest BCUT2D eigenvalue weighted by Crippen LogP contribution is 2.25. The van der Waals surface area contributed by atoms with Gasteiger partial charge >= 0.3 is 0 Å². The van der Waals surface area contributed by atoms with Gasteiger partial charge in [0, 0.05) is 17.6 Å². The van der Waals surface area contributed by atoms with Gasteiger partial charge in [0.05, 0.1) is 23.7 Å². The van der Waals surface area contributed by atoms with Crippen molar-refractivity contribution in [3.05, 3.63) is 28.2 Å². The van der Waals surface area contributed by atoms with Crippen LogP contribution in [0, 0.1) is 22.7 Å². The number of halogens is 1. The summed E-state index contributed by atoms with van der Waals surface area (Å²) in [6.45, 7) is 1.96. The van der Waals surface area contributed by atoms with Crippen LogP contribution in [0.4, 0.5) is 5.69 Å². The first-order valence-corrected chi connectivity index (χ1v) is 5.69. The largest absolute Gasteiger partial charge is 0.370 e. The van der Waals surface area contributed by atoms with Crippen molar-refractivity contribution in [2.24, 2.45) is 0 Å². The monoisotopic (exact) mass is 277 g/mol. The quantitative estimate of drug-likeness (QED) is 0.853. The average molecular weight is 278 g/mol. The zero-order chi connectivity index (χ0) is 12.1. The van der Waals surface area contributed by atoms with Gasteiger partial charge in [0.25, 0.3) is 0 Å². The van der Waals surface area contributed by atoms with E-state index in [1.165, 1.54) is 0 Å². The van der Waals surface area contributed by atoms with Crippen LogP contribution in [0.25, 0.3) is 0 Å². The van der Waals surface area contributed by atoms with Crippen LogP contribution in [-0.2, 0) is 0 Å². The van der Waals surface area contributed by atoms with E-state index >= 15 is 0 Å². The average Bonchev–Trinajstić information content (AvgIpc) is 2.28. The molecular formula is C12H12BrN3. The second-order valence-corrected chi connectivity index (χ2v) is 4.51. The number of hydrogen-bond donors (Lipinski definition) is 0. The summed E-state index contributed by atoms with van der Waals surface area (Å²) in [7, 11) is 1.89. The summed E-state index contributed by atoms with van der Waals surface area (Å²) in [6, 6.07) is 9.95. The van der Waals surface area contributed by atoms with E-state index in [2.05, 4.69) is 28.1 Å². The van der Waals surface area contributed by atoms with E-state index in [1.807, 2.05) is 31.0 Å². The molecule has 3 nitrogen and oxygen atoms in total. The maximum Gasteiger partial charge on any atom is 0.101 e. The summed E-state index contributed by atoms with van der Waals surface area (Å²) in [5, 5.41) is 17.7. The first-order valence-electron chi connectivity index (χ1n) is 4.89. The normalized spacial score (nSPS) is 11.3. The topological polar surface area (TPSA) is 50.8 Å². The summed E-state index contributed by atoms with van der Waals surface area (Å²) in [4.78, 5) is 1.95. The van der Waals surface area contributed by atoms with E-state index in [0.717, 1.165) is 10.2 Å². The van der Waals surface area contributed by atoms with Crippen molar-refractivity contribution < 1.29 is 0 Å². The Morgan fingerprint density at radius 1 is 1.44 bits per heavy atom. The lowest BCUT2D eigenvalue weighted by Crippen LogP contribution is -2.28. The molecule has 0 aliphatic carbocycles. The van der Waals surface area contributed by atoms with Gasteiger partial charge in [0.1, 0.15) is 6.07 Å². The van der Waals surface area contributed by atoms with Crippen molar-refractivity contribution in [3.8, 4) is 12.1 Å². The molecule has 0 aliphatic heterocycles. The zero-order valence-corrected chi connectivity index (χ0v) is 10.8. The molecule has 0 radical (unpaired) electrons. The van der Waals surface area contributed by atoms with Crippen molar-refractivity contribution in [2.75, 3.05) is 11.9 Å². The number of hydrogen-bond acceptors (Lipinski definition) is 3. The van der Waals surface area contributed by atoms with E-state index in [0.29, 0.717) is 12.0 Å².